The average Bonchev–Trinajstić information content (AvgIpc) is 2.37. The molecule has 3 heteroatoms. The number of phenolic OH excluding ortho intramolecular Hbond substituents is 1. The molecule has 2 nitrogen and oxygen atoms in total. The van der Waals surface area contributed by atoms with Gasteiger partial charge >= 0.3 is 0 Å². The van der Waals surface area contributed by atoms with Crippen LogP contribution in [0.15, 0.2) is 18.2 Å². The molecule has 21 heavy (non-hydrogen) atoms. The lowest BCUT2D eigenvalue weighted by molar-refractivity contribution is 0.124. The van der Waals surface area contributed by atoms with E-state index in [1.165, 1.54) is 37.8 Å². The van der Waals surface area contributed by atoms with E-state index < -0.39 is 5.82 Å². The first kappa shape index (κ1) is 16.3. The molecule has 0 saturated heterocycles. The molecule has 0 radical (unpaired) electrons. The highest BCUT2D eigenvalue weighted by atomic mass is 19.1. The Hall–Kier alpha value is -1.09. The van der Waals surface area contributed by atoms with Crippen molar-refractivity contribution >= 4 is 0 Å². The first-order valence-corrected chi connectivity index (χ1v) is 8.03. The van der Waals surface area contributed by atoms with Crippen molar-refractivity contribution in [2.24, 2.45) is 11.3 Å². The summed E-state index contributed by atoms with van der Waals surface area (Å²) in [5.41, 5.74) is 1.05. The molecule has 1 aliphatic carbocycles. The molecule has 1 saturated carbocycles. The maximum atomic E-state index is 13.1. The van der Waals surface area contributed by atoms with Crippen molar-refractivity contribution in [1.29, 1.82) is 0 Å². The van der Waals surface area contributed by atoms with Gasteiger partial charge in [-0.2, -0.15) is 0 Å². The highest BCUT2D eigenvalue weighted by molar-refractivity contribution is 5.35. The Morgan fingerprint density at radius 1 is 1.24 bits per heavy atom. The number of hydrogen-bond donors (Lipinski definition) is 2. The van der Waals surface area contributed by atoms with E-state index in [9.17, 15) is 9.50 Å². The van der Waals surface area contributed by atoms with E-state index >= 15 is 0 Å². The van der Waals surface area contributed by atoms with Crippen LogP contribution < -0.4 is 5.32 Å². The van der Waals surface area contributed by atoms with Crippen LogP contribution in [-0.4, -0.2) is 11.1 Å². The zero-order chi connectivity index (χ0) is 15.6. The minimum atomic E-state index is -0.395. The summed E-state index contributed by atoms with van der Waals surface area (Å²) < 4.78 is 13.1. The number of halogens is 1. The lowest BCUT2D eigenvalue weighted by atomic mass is 9.69. The summed E-state index contributed by atoms with van der Waals surface area (Å²) in [4.78, 5) is 0. The minimum absolute atomic E-state index is 0.0264. The molecule has 3 unspecified atom stereocenters. The molecule has 1 aliphatic rings. The highest BCUT2D eigenvalue weighted by Gasteiger charge is 2.34. The van der Waals surface area contributed by atoms with Crippen molar-refractivity contribution in [1.82, 2.24) is 5.32 Å². The Kier molecular flexibility index (Phi) is 4.92. The number of rotatable bonds is 3. The van der Waals surface area contributed by atoms with Crippen LogP contribution in [0.1, 0.15) is 65.0 Å². The Bertz CT molecular complexity index is 481. The molecule has 0 bridgehead atoms. The zero-order valence-electron chi connectivity index (χ0n) is 13.6. The third kappa shape index (κ3) is 3.97. The predicted molar refractivity (Wildman–Crippen MR) is 84.8 cm³/mol. The molecule has 118 valence electrons. The Labute approximate surface area is 127 Å². The molecular formula is C18H28FNO. The average molecular weight is 293 g/mol. The van der Waals surface area contributed by atoms with Crippen LogP contribution in [0, 0.1) is 17.2 Å². The summed E-state index contributed by atoms with van der Waals surface area (Å²) >= 11 is 0. The van der Waals surface area contributed by atoms with E-state index in [0.29, 0.717) is 12.0 Å². The van der Waals surface area contributed by atoms with Crippen molar-refractivity contribution in [2.75, 3.05) is 0 Å². The van der Waals surface area contributed by atoms with E-state index in [4.69, 9.17) is 0 Å². The second-order valence-corrected chi connectivity index (χ2v) is 7.45. The molecule has 0 spiro atoms. The summed E-state index contributed by atoms with van der Waals surface area (Å²) in [6.45, 7) is 8.95. The van der Waals surface area contributed by atoms with Gasteiger partial charge in [0.25, 0.3) is 0 Å². The van der Waals surface area contributed by atoms with Crippen LogP contribution in [0.5, 0.6) is 5.75 Å². The minimum Gasteiger partial charge on any atom is -0.508 e. The summed E-state index contributed by atoms with van der Waals surface area (Å²) in [6, 6.07) is 4.76. The van der Waals surface area contributed by atoms with Gasteiger partial charge in [-0.15, -0.1) is 0 Å². The predicted octanol–water partition coefficient (Wildman–Crippen LogP) is 4.79. The van der Waals surface area contributed by atoms with Crippen molar-refractivity contribution in [2.45, 2.75) is 65.5 Å². The third-order valence-corrected chi connectivity index (χ3v) is 4.80. The van der Waals surface area contributed by atoms with Crippen molar-refractivity contribution in [3.8, 4) is 5.75 Å². The van der Waals surface area contributed by atoms with Gasteiger partial charge in [0.15, 0.2) is 0 Å². The fourth-order valence-electron chi connectivity index (χ4n) is 3.66. The molecule has 2 rings (SSSR count). The lowest BCUT2D eigenvalue weighted by Crippen LogP contribution is -2.45. The standard InChI is InChI=1S/C18H28FNO/c1-12(14-10-9-13(19)11-17(14)21)20-16-8-6-5-7-15(16)18(2,3)4/h9-12,15-16,20-21H,5-8H2,1-4H3. The number of benzene rings is 1. The Morgan fingerprint density at radius 3 is 2.52 bits per heavy atom. The van der Waals surface area contributed by atoms with Crippen LogP contribution in [0.3, 0.4) is 0 Å². The highest BCUT2D eigenvalue weighted by Crippen LogP contribution is 2.39. The summed E-state index contributed by atoms with van der Waals surface area (Å²) in [6.07, 6.45) is 4.99. The van der Waals surface area contributed by atoms with Crippen LogP contribution in [0.25, 0.3) is 0 Å². The first-order valence-electron chi connectivity index (χ1n) is 8.03. The van der Waals surface area contributed by atoms with Crippen molar-refractivity contribution in [3.63, 3.8) is 0 Å². The topological polar surface area (TPSA) is 32.3 Å². The van der Waals surface area contributed by atoms with Gasteiger partial charge in [0, 0.05) is 23.7 Å². The fourth-order valence-corrected chi connectivity index (χ4v) is 3.66. The van der Waals surface area contributed by atoms with Crippen LogP contribution in [0.4, 0.5) is 4.39 Å². The van der Waals surface area contributed by atoms with Gasteiger partial charge < -0.3 is 10.4 Å². The maximum Gasteiger partial charge on any atom is 0.126 e. The molecule has 1 aromatic rings. The van der Waals surface area contributed by atoms with Crippen molar-refractivity contribution < 1.29 is 9.50 Å². The first-order chi connectivity index (χ1) is 9.79. The largest absolute Gasteiger partial charge is 0.508 e. The quantitative estimate of drug-likeness (QED) is 0.840. The van der Waals surface area contributed by atoms with E-state index in [-0.39, 0.29) is 17.2 Å². The maximum absolute atomic E-state index is 13.1. The molecule has 0 amide bonds. The van der Waals surface area contributed by atoms with Crippen LogP contribution >= 0.6 is 0 Å². The molecule has 0 aliphatic heterocycles. The number of aromatic hydroxyl groups is 1. The second kappa shape index (κ2) is 6.35. The van der Waals surface area contributed by atoms with Gasteiger partial charge in [0.1, 0.15) is 11.6 Å². The SMILES string of the molecule is CC(NC1CCCCC1C(C)(C)C)c1ccc(F)cc1O. The zero-order valence-corrected chi connectivity index (χ0v) is 13.6. The van der Waals surface area contributed by atoms with Gasteiger partial charge in [-0.1, -0.05) is 39.7 Å². The molecule has 2 N–H and O–H groups in total. The van der Waals surface area contributed by atoms with Gasteiger partial charge in [-0.25, -0.2) is 4.39 Å². The van der Waals surface area contributed by atoms with E-state index in [0.717, 1.165) is 5.56 Å². The van der Waals surface area contributed by atoms with Gasteiger partial charge in [0.05, 0.1) is 0 Å². The number of nitrogens with one attached hydrogen (secondary N) is 1. The monoisotopic (exact) mass is 293 g/mol. The smallest absolute Gasteiger partial charge is 0.126 e. The molecular weight excluding hydrogens is 265 g/mol. The second-order valence-electron chi connectivity index (χ2n) is 7.45. The summed E-state index contributed by atoms with van der Waals surface area (Å²) in [5.74, 6) is 0.281. The van der Waals surface area contributed by atoms with Gasteiger partial charge in [-0.05, 0) is 37.2 Å². The molecule has 0 heterocycles. The normalized spacial score (nSPS) is 24.8. The van der Waals surface area contributed by atoms with Gasteiger partial charge in [-0.3, -0.25) is 0 Å². The molecule has 1 aromatic carbocycles. The Balaban J connectivity index is 2.11. The van der Waals surface area contributed by atoms with E-state index in [1.54, 1.807) is 6.07 Å². The van der Waals surface area contributed by atoms with Crippen LogP contribution in [-0.2, 0) is 0 Å². The van der Waals surface area contributed by atoms with Crippen molar-refractivity contribution in [3.05, 3.63) is 29.6 Å². The Morgan fingerprint density at radius 2 is 1.90 bits per heavy atom. The van der Waals surface area contributed by atoms with E-state index in [2.05, 4.69) is 26.1 Å². The molecule has 0 aromatic heterocycles. The summed E-state index contributed by atoms with van der Waals surface area (Å²) in [5, 5.41) is 13.6. The summed E-state index contributed by atoms with van der Waals surface area (Å²) in [7, 11) is 0. The molecule has 1 fully saturated rings. The third-order valence-electron chi connectivity index (χ3n) is 4.80. The van der Waals surface area contributed by atoms with Gasteiger partial charge in [0.2, 0.25) is 0 Å². The van der Waals surface area contributed by atoms with E-state index in [1.807, 2.05) is 6.92 Å². The molecule has 3 atom stereocenters. The van der Waals surface area contributed by atoms with Crippen LogP contribution in [0.2, 0.25) is 0 Å². The number of phenols is 1. The fraction of sp³-hybridized carbons (Fsp3) is 0.667. The number of hydrogen-bond acceptors (Lipinski definition) is 2. The lowest BCUT2D eigenvalue weighted by Gasteiger charge is -2.42.